The summed E-state index contributed by atoms with van der Waals surface area (Å²) in [6.45, 7) is 0.594. The van der Waals surface area contributed by atoms with Crippen LogP contribution in [0.25, 0.3) is 0 Å². The predicted octanol–water partition coefficient (Wildman–Crippen LogP) is 2.63. The van der Waals surface area contributed by atoms with Crippen molar-refractivity contribution >= 4 is 35.3 Å². The van der Waals surface area contributed by atoms with Crippen molar-refractivity contribution in [3.05, 3.63) is 10.3 Å². The average Bonchev–Trinajstić information content (AvgIpc) is 2.67. The molecule has 0 N–H and O–H groups in total. The molecule has 2 heterocycles. The highest BCUT2D eigenvalue weighted by atomic mass is 32.2. The summed E-state index contributed by atoms with van der Waals surface area (Å²) >= 11 is 3.85. The van der Waals surface area contributed by atoms with Gasteiger partial charge in [-0.25, -0.2) is 0 Å². The summed E-state index contributed by atoms with van der Waals surface area (Å²) in [6.07, 6.45) is 6.22. The number of allylic oxidation sites excluding steroid dienone is 1. The fourth-order valence-electron chi connectivity index (χ4n) is 1.91. The van der Waals surface area contributed by atoms with Crippen molar-refractivity contribution in [3.63, 3.8) is 0 Å². The molecule has 0 radical (unpaired) electrons. The quantitative estimate of drug-likeness (QED) is 0.582. The number of nitrogens with zero attached hydrogens (tertiary/aromatic N) is 1. The number of amides is 2. The van der Waals surface area contributed by atoms with Gasteiger partial charge in [-0.15, -0.1) is 23.5 Å². The number of hydrogen-bond acceptors (Lipinski definition) is 4. The molecular formula is C12H17NO2S2. The van der Waals surface area contributed by atoms with Crippen LogP contribution in [-0.4, -0.2) is 34.8 Å². The Morgan fingerprint density at radius 2 is 1.76 bits per heavy atom. The van der Waals surface area contributed by atoms with Gasteiger partial charge in [0.15, 0.2) is 0 Å². The van der Waals surface area contributed by atoms with Gasteiger partial charge in [0.25, 0.3) is 0 Å². The number of thioether (sulfide) groups is 2. The van der Waals surface area contributed by atoms with E-state index in [1.54, 1.807) is 0 Å². The maximum Gasteiger partial charge on any atom is 0.229 e. The average molecular weight is 271 g/mol. The molecule has 0 aromatic rings. The minimum Gasteiger partial charge on any atom is -0.283 e. The van der Waals surface area contributed by atoms with Crippen molar-refractivity contribution in [1.82, 2.24) is 4.90 Å². The second kappa shape index (κ2) is 6.50. The molecule has 0 spiro atoms. The molecule has 2 amide bonds. The molecule has 0 aromatic heterocycles. The minimum atomic E-state index is 0.00377. The van der Waals surface area contributed by atoms with Crippen molar-refractivity contribution in [1.29, 1.82) is 0 Å². The summed E-state index contributed by atoms with van der Waals surface area (Å²) in [5, 5.41) is 0. The van der Waals surface area contributed by atoms with Gasteiger partial charge >= 0.3 is 0 Å². The van der Waals surface area contributed by atoms with Crippen LogP contribution in [0.3, 0.4) is 0 Å². The van der Waals surface area contributed by atoms with Gasteiger partial charge in [-0.3, -0.25) is 14.5 Å². The first-order valence-corrected chi connectivity index (χ1v) is 8.03. The lowest BCUT2D eigenvalue weighted by atomic mass is 10.3. The second-order valence-corrected chi connectivity index (χ2v) is 6.69. The number of unbranched alkanes of at least 4 members (excludes halogenated alkanes) is 1. The van der Waals surface area contributed by atoms with Gasteiger partial charge in [0.05, 0.1) is 0 Å². The molecule has 2 saturated heterocycles. The number of hydrogen-bond donors (Lipinski definition) is 0. The van der Waals surface area contributed by atoms with Crippen molar-refractivity contribution in [3.8, 4) is 0 Å². The van der Waals surface area contributed by atoms with Crippen LogP contribution in [0, 0.1) is 0 Å². The topological polar surface area (TPSA) is 37.4 Å². The van der Waals surface area contributed by atoms with Crippen LogP contribution < -0.4 is 0 Å². The molecule has 0 aliphatic carbocycles. The number of imide groups is 1. The fourth-order valence-corrected chi connectivity index (χ4v) is 4.37. The van der Waals surface area contributed by atoms with Crippen molar-refractivity contribution in [2.24, 2.45) is 0 Å². The molecule has 3 nitrogen and oxygen atoms in total. The van der Waals surface area contributed by atoms with E-state index in [-0.39, 0.29) is 11.8 Å². The summed E-state index contributed by atoms with van der Waals surface area (Å²) in [6, 6.07) is 0. The minimum absolute atomic E-state index is 0.00377. The highest BCUT2D eigenvalue weighted by Crippen LogP contribution is 2.34. The van der Waals surface area contributed by atoms with E-state index in [1.807, 2.05) is 23.5 Å². The largest absolute Gasteiger partial charge is 0.283 e. The summed E-state index contributed by atoms with van der Waals surface area (Å²) in [7, 11) is 0. The lowest BCUT2D eigenvalue weighted by Gasteiger charge is -2.14. The standard InChI is InChI=1S/C12H17NO2S2/c14-10-5-6-11(15)13(10)7-2-1-4-12-16-8-3-9-17-12/h4H,1-3,5-9H2. The molecule has 5 heteroatoms. The van der Waals surface area contributed by atoms with Crippen LogP contribution in [0.1, 0.15) is 32.1 Å². The smallest absolute Gasteiger partial charge is 0.229 e. The van der Waals surface area contributed by atoms with Crippen molar-refractivity contribution < 1.29 is 9.59 Å². The van der Waals surface area contributed by atoms with E-state index in [2.05, 4.69) is 6.08 Å². The third-order valence-corrected chi connectivity index (χ3v) is 5.42. The Bertz CT molecular complexity index is 317. The zero-order valence-corrected chi connectivity index (χ0v) is 11.4. The highest BCUT2D eigenvalue weighted by Gasteiger charge is 2.27. The Balaban J connectivity index is 1.68. The first kappa shape index (κ1) is 13.0. The van der Waals surface area contributed by atoms with E-state index in [0.717, 1.165) is 12.8 Å². The molecule has 17 heavy (non-hydrogen) atoms. The lowest BCUT2D eigenvalue weighted by molar-refractivity contribution is -0.138. The molecule has 0 saturated carbocycles. The fraction of sp³-hybridized carbons (Fsp3) is 0.667. The first-order valence-electron chi connectivity index (χ1n) is 6.06. The Morgan fingerprint density at radius 1 is 1.12 bits per heavy atom. The maximum absolute atomic E-state index is 11.4. The third-order valence-electron chi connectivity index (χ3n) is 2.83. The molecule has 2 aliphatic rings. The Labute approximate surface area is 110 Å². The summed E-state index contributed by atoms with van der Waals surface area (Å²) in [5.74, 6) is 2.46. The zero-order valence-electron chi connectivity index (χ0n) is 9.81. The van der Waals surface area contributed by atoms with Crippen LogP contribution in [0.2, 0.25) is 0 Å². The molecular weight excluding hydrogens is 254 g/mol. The van der Waals surface area contributed by atoms with Gasteiger partial charge in [0.1, 0.15) is 0 Å². The van der Waals surface area contributed by atoms with Crippen LogP contribution in [0.5, 0.6) is 0 Å². The number of rotatable bonds is 4. The van der Waals surface area contributed by atoms with Crippen molar-refractivity contribution in [2.75, 3.05) is 18.1 Å². The van der Waals surface area contributed by atoms with Gasteiger partial charge < -0.3 is 0 Å². The van der Waals surface area contributed by atoms with Crippen LogP contribution >= 0.6 is 23.5 Å². The highest BCUT2D eigenvalue weighted by molar-refractivity contribution is 8.22. The molecule has 94 valence electrons. The van der Waals surface area contributed by atoms with Crippen LogP contribution in [-0.2, 0) is 9.59 Å². The summed E-state index contributed by atoms with van der Waals surface area (Å²) in [5.41, 5.74) is 0. The monoisotopic (exact) mass is 271 g/mol. The van der Waals surface area contributed by atoms with E-state index in [4.69, 9.17) is 0 Å². The van der Waals surface area contributed by atoms with E-state index in [1.165, 1.54) is 27.1 Å². The normalized spacial score (nSPS) is 21.2. The first-order chi connectivity index (χ1) is 8.27. The van der Waals surface area contributed by atoms with Gasteiger partial charge in [-0.05, 0) is 30.8 Å². The summed E-state index contributed by atoms with van der Waals surface area (Å²) in [4.78, 5) is 24.1. The van der Waals surface area contributed by atoms with E-state index in [9.17, 15) is 9.59 Å². The predicted molar refractivity (Wildman–Crippen MR) is 72.8 cm³/mol. The second-order valence-electron chi connectivity index (χ2n) is 4.15. The van der Waals surface area contributed by atoms with E-state index < -0.39 is 0 Å². The zero-order chi connectivity index (χ0) is 12.1. The van der Waals surface area contributed by atoms with Crippen molar-refractivity contribution in [2.45, 2.75) is 32.1 Å². The van der Waals surface area contributed by atoms with Gasteiger partial charge in [-0.2, -0.15) is 0 Å². The molecule has 0 aromatic carbocycles. The van der Waals surface area contributed by atoms with Gasteiger partial charge in [0.2, 0.25) is 11.8 Å². The Morgan fingerprint density at radius 3 is 2.41 bits per heavy atom. The van der Waals surface area contributed by atoms with Crippen LogP contribution in [0.4, 0.5) is 0 Å². The molecule has 0 atom stereocenters. The number of likely N-dealkylation sites (tertiary alicyclic amines) is 1. The molecule has 0 unspecified atom stereocenters. The number of carbonyl (C=O) groups is 2. The van der Waals surface area contributed by atoms with E-state index >= 15 is 0 Å². The maximum atomic E-state index is 11.4. The lowest BCUT2D eigenvalue weighted by Crippen LogP contribution is -2.29. The molecule has 2 fully saturated rings. The van der Waals surface area contributed by atoms with E-state index in [0.29, 0.717) is 19.4 Å². The SMILES string of the molecule is O=C1CCC(=O)N1CCCC=C1SCCCS1. The summed E-state index contributed by atoms with van der Waals surface area (Å²) < 4.78 is 1.41. The third kappa shape index (κ3) is 3.78. The Kier molecular flexibility index (Phi) is 4.98. The van der Waals surface area contributed by atoms with Gasteiger partial charge in [0, 0.05) is 23.6 Å². The van der Waals surface area contributed by atoms with Gasteiger partial charge in [-0.1, -0.05) is 6.08 Å². The van der Waals surface area contributed by atoms with Crippen LogP contribution in [0.15, 0.2) is 10.3 Å². The molecule has 2 rings (SSSR count). The molecule has 2 aliphatic heterocycles. The Hall–Kier alpha value is -0.420. The molecule has 0 bridgehead atoms. The number of carbonyl (C=O) groups excluding carboxylic acids is 2.